The van der Waals surface area contributed by atoms with E-state index in [0.29, 0.717) is 16.4 Å². The van der Waals surface area contributed by atoms with Gasteiger partial charge in [0.1, 0.15) is 4.75 Å². The summed E-state index contributed by atoms with van der Waals surface area (Å²) in [5.41, 5.74) is 0. The first-order valence-corrected chi connectivity index (χ1v) is 7.37. The molecule has 0 amide bonds. The summed E-state index contributed by atoms with van der Waals surface area (Å²) in [6.45, 7) is 6.70. The van der Waals surface area contributed by atoms with Crippen LogP contribution in [-0.4, -0.2) is 22.5 Å². The van der Waals surface area contributed by atoms with Gasteiger partial charge < -0.3 is 0 Å². The molecule has 0 bridgehead atoms. The van der Waals surface area contributed by atoms with Gasteiger partial charge in [-0.05, 0) is 44.5 Å². The molecule has 1 fully saturated rings. The first-order chi connectivity index (χ1) is 6.41. The highest BCUT2D eigenvalue weighted by molar-refractivity contribution is 7.98. The molecule has 1 atom stereocenters. The number of Topliss-reactive ketones (excluding diaryl/α,β-unsaturated/α-hetero) is 1. The average Bonchev–Trinajstić information content (AvgIpc) is 2.53. The molecule has 1 aliphatic rings. The van der Waals surface area contributed by atoms with E-state index in [1.54, 1.807) is 0 Å². The van der Waals surface area contributed by atoms with Gasteiger partial charge in [0, 0.05) is 5.92 Å². The summed E-state index contributed by atoms with van der Waals surface area (Å²) < 4.78 is 0.300. The van der Waals surface area contributed by atoms with Crippen molar-refractivity contribution in [2.75, 3.05) is 12.0 Å². The zero-order valence-electron chi connectivity index (χ0n) is 9.93. The third-order valence-corrected chi connectivity index (χ3v) is 6.02. The van der Waals surface area contributed by atoms with E-state index < -0.39 is 0 Å². The van der Waals surface area contributed by atoms with Crippen LogP contribution >= 0.6 is 0 Å². The first kappa shape index (κ1) is 12.1. The van der Waals surface area contributed by atoms with Crippen molar-refractivity contribution in [1.29, 1.82) is 0 Å². The smallest absolute Gasteiger partial charge is 0.184 e. The van der Waals surface area contributed by atoms with Gasteiger partial charge in [-0.3, -0.25) is 4.79 Å². The topological polar surface area (TPSA) is 17.1 Å². The predicted molar refractivity (Wildman–Crippen MR) is 64.9 cm³/mol. The summed E-state index contributed by atoms with van der Waals surface area (Å²) in [7, 11) is 0.237. The molecule has 0 radical (unpaired) electrons. The number of hydrogen-bond acceptors (Lipinski definition) is 1. The van der Waals surface area contributed by atoms with E-state index in [1.807, 2.05) is 0 Å². The lowest BCUT2D eigenvalue weighted by Gasteiger charge is -2.18. The van der Waals surface area contributed by atoms with Gasteiger partial charge in [0.15, 0.2) is 11.5 Å². The van der Waals surface area contributed by atoms with Crippen molar-refractivity contribution >= 4 is 16.7 Å². The summed E-state index contributed by atoms with van der Waals surface area (Å²) in [4.78, 5) is 11.9. The molecule has 0 aliphatic heterocycles. The quantitative estimate of drug-likeness (QED) is 0.662. The number of ketones is 1. The molecular formula is C12H23OS+. The average molecular weight is 215 g/mol. The maximum atomic E-state index is 11.9. The van der Waals surface area contributed by atoms with Gasteiger partial charge in [-0.15, -0.1) is 0 Å². The van der Waals surface area contributed by atoms with Gasteiger partial charge in [-0.25, -0.2) is 0 Å². The third kappa shape index (κ3) is 3.30. The molecule has 0 aromatic carbocycles. The maximum Gasteiger partial charge on any atom is 0.184 e. The number of carbonyl (C=O) groups excluding carboxylic acids is 1. The fourth-order valence-corrected chi connectivity index (χ4v) is 2.89. The molecule has 0 spiro atoms. The van der Waals surface area contributed by atoms with Crippen molar-refractivity contribution in [2.24, 2.45) is 5.92 Å². The van der Waals surface area contributed by atoms with Gasteiger partial charge in [0.2, 0.25) is 0 Å². The second-order valence-electron chi connectivity index (χ2n) is 5.34. The van der Waals surface area contributed by atoms with Crippen LogP contribution < -0.4 is 0 Å². The van der Waals surface area contributed by atoms with E-state index in [-0.39, 0.29) is 10.9 Å². The minimum Gasteiger partial charge on any atom is -0.294 e. The van der Waals surface area contributed by atoms with Crippen molar-refractivity contribution < 1.29 is 4.79 Å². The van der Waals surface area contributed by atoms with Crippen LogP contribution in [0, 0.1) is 5.92 Å². The Morgan fingerprint density at radius 2 is 1.79 bits per heavy atom. The second kappa shape index (κ2) is 4.69. The van der Waals surface area contributed by atoms with E-state index in [4.69, 9.17) is 0 Å². The van der Waals surface area contributed by atoms with E-state index >= 15 is 0 Å². The summed E-state index contributed by atoms with van der Waals surface area (Å²) in [5.74, 6) is 1.75. The highest BCUT2D eigenvalue weighted by atomic mass is 32.2. The zero-order valence-corrected chi connectivity index (χ0v) is 10.7. The van der Waals surface area contributed by atoms with Crippen LogP contribution in [0.5, 0.6) is 0 Å². The Labute approximate surface area is 91.0 Å². The predicted octanol–water partition coefficient (Wildman–Crippen LogP) is 2.79. The molecule has 1 saturated carbocycles. The standard InChI is InChI=1S/C12H23OS/c1-12(2,3)14(4)9-11(13)10-7-5-6-8-10/h10H,5-9H2,1-4H3/q+1. The van der Waals surface area contributed by atoms with Crippen molar-refractivity contribution in [3.63, 3.8) is 0 Å². The maximum absolute atomic E-state index is 11.9. The fourth-order valence-electron chi connectivity index (χ4n) is 1.80. The highest BCUT2D eigenvalue weighted by Crippen LogP contribution is 2.27. The van der Waals surface area contributed by atoms with Crippen LogP contribution in [-0.2, 0) is 15.7 Å². The van der Waals surface area contributed by atoms with Crippen LogP contribution in [0.1, 0.15) is 46.5 Å². The van der Waals surface area contributed by atoms with Crippen LogP contribution in [0.15, 0.2) is 0 Å². The number of rotatable bonds is 3. The number of carbonyl (C=O) groups is 1. The highest BCUT2D eigenvalue weighted by Gasteiger charge is 2.34. The molecule has 14 heavy (non-hydrogen) atoms. The Kier molecular flexibility index (Phi) is 4.05. The third-order valence-electron chi connectivity index (χ3n) is 3.21. The van der Waals surface area contributed by atoms with Crippen LogP contribution in [0.4, 0.5) is 0 Å². The van der Waals surface area contributed by atoms with Gasteiger partial charge >= 0.3 is 0 Å². The lowest BCUT2D eigenvalue weighted by atomic mass is 10.0. The molecule has 0 aromatic heterocycles. The molecule has 0 heterocycles. The summed E-state index contributed by atoms with van der Waals surface area (Å²) >= 11 is 0. The Hall–Kier alpha value is 0.0200. The summed E-state index contributed by atoms with van der Waals surface area (Å²) in [5, 5.41) is 0. The van der Waals surface area contributed by atoms with E-state index in [2.05, 4.69) is 27.0 Å². The zero-order chi connectivity index (χ0) is 10.8. The van der Waals surface area contributed by atoms with Gasteiger partial charge in [-0.2, -0.15) is 0 Å². The molecule has 1 unspecified atom stereocenters. The molecule has 1 aliphatic carbocycles. The molecular weight excluding hydrogens is 192 g/mol. The lowest BCUT2D eigenvalue weighted by molar-refractivity contribution is -0.120. The van der Waals surface area contributed by atoms with Crippen LogP contribution in [0.2, 0.25) is 0 Å². The minimum absolute atomic E-state index is 0.237. The lowest BCUT2D eigenvalue weighted by Crippen LogP contribution is -2.34. The van der Waals surface area contributed by atoms with Crippen molar-refractivity contribution in [3.05, 3.63) is 0 Å². The van der Waals surface area contributed by atoms with Gasteiger partial charge in [-0.1, -0.05) is 12.8 Å². The SMILES string of the molecule is C[S+](CC(=O)C1CCCC1)C(C)(C)C. The minimum atomic E-state index is 0.237. The summed E-state index contributed by atoms with van der Waals surface area (Å²) in [6, 6.07) is 0. The van der Waals surface area contributed by atoms with Crippen molar-refractivity contribution in [2.45, 2.75) is 51.2 Å². The normalized spacial score (nSPS) is 21.1. The molecule has 0 aromatic rings. The van der Waals surface area contributed by atoms with Crippen LogP contribution in [0.3, 0.4) is 0 Å². The molecule has 1 rings (SSSR count). The van der Waals surface area contributed by atoms with Crippen LogP contribution in [0.25, 0.3) is 0 Å². The first-order valence-electron chi connectivity index (χ1n) is 5.56. The van der Waals surface area contributed by atoms with Gasteiger partial charge in [0.05, 0.1) is 6.26 Å². The fraction of sp³-hybridized carbons (Fsp3) is 0.917. The van der Waals surface area contributed by atoms with E-state index in [1.165, 1.54) is 12.8 Å². The molecule has 0 saturated heterocycles. The monoisotopic (exact) mass is 215 g/mol. The Morgan fingerprint density at radius 1 is 1.29 bits per heavy atom. The molecule has 82 valence electrons. The van der Waals surface area contributed by atoms with Gasteiger partial charge in [0.25, 0.3) is 0 Å². The van der Waals surface area contributed by atoms with E-state index in [9.17, 15) is 4.79 Å². The largest absolute Gasteiger partial charge is 0.294 e. The second-order valence-corrected chi connectivity index (χ2v) is 8.13. The van der Waals surface area contributed by atoms with E-state index in [0.717, 1.165) is 18.6 Å². The van der Waals surface area contributed by atoms with Crippen molar-refractivity contribution in [1.82, 2.24) is 0 Å². The number of hydrogen-bond donors (Lipinski definition) is 0. The van der Waals surface area contributed by atoms with Crippen molar-refractivity contribution in [3.8, 4) is 0 Å². The Bertz CT molecular complexity index is 199. The Morgan fingerprint density at radius 3 is 2.21 bits per heavy atom. The summed E-state index contributed by atoms with van der Waals surface area (Å²) in [6.07, 6.45) is 7.07. The molecule has 0 N–H and O–H groups in total. The Balaban J connectivity index is 2.40. The molecule has 1 nitrogen and oxygen atoms in total. The molecule has 2 heteroatoms.